The summed E-state index contributed by atoms with van der Waals surface area (Å²) >= 11 is 0. The van der Waals surface area contributed by atoms with Crippen LogP contribution in [0.1, 0.15) is 43.7 Å². The van der Waals surface area contributed by atoms with E-state index in [1.807, 2.05) is 12.1 Å². The highest BCUT2D eigenvalue weighted by Crippen LogP contribution is 2.23. The fourth-order valence-electron chi connectivity index (χ4n) is 3.28. The van der Waals surface area contributed by atoms with Crippen LogP contribution in [-0.2, 0) is 14.8 Å². The van der Waals surface area contributed by atoms with Gasteiger partial charge in [-0.3, -0.25) is 4.79 Å². The monoisotopic (exact) mass is 468 g/mol. The molecule has 0 radical (unpaired) electrons. The number of hydrogen-bond donors (Lipinski definition) is 2. The van der Waals surface area contributed by atoms with Gasteiger partial charge in [0.05, 0.1) is 11.5 Å². The minimum atomic E-state index is -3.82. The third kappa shape index (κ3) is 7.01. The number of aromatic nitrogens is 2. The predicted octanol–water partition coefficient (Wildman–Crippen LogP) is 4.51. The minimum Gasteiger partial charge on any atom is -0.494 e. The molecule has 1 amide bonds. The Morgan fingerprint density at radius 1 is 1.06 bits per heavy atom. The second-order valence-corrected chi connectivity index (χ2v) is 9.56. The first-order valence-electron chi connectivity index (χ1n) is 10.7. The molecule has 33 heavy (non-hydrogen) atoms. The van der Waals surface area contributed by atoms with Crippen LogP contribution in [0, 0.1) is 6.92 Å². The van der Waals surface area contributed by atoms with Gasteiger partial charge >= 0.3 is 0 Å². The normalized spacial score (nSPS) is 11.3. The van der Waals surface area contributed by atoms with Crippen LogP contribution >= 0.6 is 0 Å². The summed E-state index contributed by atoms with van der Waals surface area (Å²) in [7, 11) is -3.82. The van der Waals surface area contributed by atoms with Gasteiger partial charge in [0.25, 0.3) is 10.0 Å². The van der Waals surface area contributed by atoms with Crippen molar-refractivity contribution in [3.8, 4) is 5.75 Å². The number of carbonyl (C=O) groups is 1. The topological polar surface area (TPSA) is 110 Å². The summed E-state index contributed by atoms with van der Waals surface area (Å²) in [5.74, 6) is 1.08. The summed E-state index contributed by atoms with van der Waals surface area (Å²) in [5.41, 5.74) is 3.00. The average Bonchev–Trinajstić information content (AvgIpc) is 2.77. The zero-order chi connectivity index (χ0) is 23.8. The first-order valence-corrected chi connectivity index (χ1v) is 12.2. The third-order valence-corrected chi connectivity index (χ3v) is 6.26. The highest BCUT2D eigenvalue weighted by atomic mass is 32.2. The number of nitrogens with zero attached hydrogens (tertiary/aromatic N) is 2. The van der Waals surface area contributed by atoms with Crippen molar-refractivity contribution in [2.75, 3.05) is 16.6 Å². The molecule has 3 rings (SSSR count). The molecule has 174 valence electrons. The van der Waals surface area contributed by atoms with Crippen molar-refractivity contribution >= 4 is 27.6 Å². The van der Waals surface area contributed by atoms with Crippen LogP contribution in [0.2, 0.25) is 0 Å². The molecule has 2 N–H and O–H groups in total. The molecule has 8 nitrogen and oxygen atoms in total. The molecule has 9 heteroatoms. The van der Waals surface area contributed by atoms with Crippen LogP contribution in [0.4, 0.5) is 11.6 Å². The SMILES string of the molecule is Cc1cc(OCCCC(=O)Nc2ccc(S(=O)(=O)Nc3ncccn3)cc2)ccc1C(C)C. The molecule has 0 atom stereocenters. The van der Waals surface area contributed by atoms with Crippen LogP contribution in [-0.4, -0.2) is 30.9 Å². The van der Waals surface area contributed by atoms with E-state index in [-0.39, 0.29) is 23.2 Å². The number of amides is 1. The van der Waals surface area contributed by atoms with E-state index in [1.165, 1.54) is 47.8 Å². The Balaban J connectivity index is 1.45. The molecular formula is C24H28N4O4S. The van der Waals surface area contributed by atoms with Crippen molar-refractivity contribution in [3.63, 3.8) is 0 Å². The second kappa shape index (κ2) is 10.9. The fourth-order valence-corrected chi connectivity index (χ4v) is 4.24. The Hall–Kier alpha value is -3.46. The van der Waals surface area contributed by atoms with Gasteiger partial charge in [0, 0.05) is 24.5 Å². The van der Waals surface area contributed by atoms with Gasteiger partial charge in [-0.05, 0) is 72.9 Å². The maximum atomic E-state index is 12.4. The van der Waals surface area contributed by atoms with E-state index in [0.717, 1.165) is 5.75 Å². The zero-order valence-electron chi connectivity index (χ0n) is 18.9. The second-order valence-electron chi connectivity index (χ2n) is 7.88. The Kier molecular flexibility index (Phi) is 8.00. The van der Waals surface area contributed by atoms with Gasteiger partial charge in [-0.1, -0.05) is 19.9 Å². The van der Waals surface area contributed by atoms with Gasteiger partial charge in [0.15, 0.2) is 0 Å². The average molecular weight is 469 g/mol. The van der Waals surface area contributed by atoms with Crippen LogP contribution in [0.3, 0.4) is 0 Å². The molecule has 3 aromatic rings. The number of ether oxygens (including phenoxy) is 1. The van der Waals surface area contributed by atoms with Crippen molar-refractivity contribution in [2.45, 2.75) is 44.4 Å². The Morgan fingerprint density at radius 3 is 2.39 bits per heavy atom. The van der Waals surface area contributed by atoms with Crippen molar-refractivity contribution in [1.82, 2.24) is 9.97 Å². The van der Waals surface area contributed by atoms with Gasteiger partial charge < -0.3 is 10.1 Å². The van der Waals surface area contributed by atoms with Crippen molar-refractivity contribution in [2.24, 2.45) is 0 Å². The maximum absolute atomic E-state index is 12.4. The van der Waals surface area contributed by atoms with Crippen LogP contribution in [0.25, 0.3) is 0 Å². The molecule has 0 fully saturated rings. The van der Waals surface area contributed by atoms with E-state index in [9.17, 15) is 13.2 Å². The van der Waals surface area contributed by atoms with Gasteiger partial charge in [-0.25, -0.2) is 23.1 Å². The Labute approximate surface area is 194 Å². The number of anilines is 2. The van der Waals surface area contributed by atoms with Gasteiger partial charge in [0.2, 0.25) is 11.9 Å². The first-order chi connectivity index (χ1) is 15.7. The summed E-state index contributed by atoms with van der Waals surface area (Å²) in [6, 6.07) is 13.5. The number of nitrogens with one attached hydrogen (secondary N) is 2. The lowest BCUT2D eigenvalue weighted by Gasteiger charge is -2.12. The van der Waals surface area contributed by atoms with Crippen LogP contribution in [0.15, 0.2) is 65.8 Å². The van der Waals surface area contributed by atoms with E-state index in [4.69, 9.17) is 4.74 Å². The standard InChI is InChI=1S/C24H28N4O4S/c1-17(2)22-12-9-20(16-18(22)3)32-15-4-6-23(29)27-19-7-10-21(11-8-19)33(30,31)28-24-25-13-5-14-26-24/h5,7-14,16-17H,4,6,15H2,1-3H3,(H,27,29)(H,25,26,28). The highest BCUT2D eigenvalue weighted by molar-refractivity contribution is 7.92. The molecule has 0 saturated carbocycles. The number of hydrogen-bond acceptors (Lipinski definition) is 6. The molecule has 0 bridgehead atoms. The van der Waals surface area contributed by atoms with Crippen molar-refractivity contribution in [3.05, 3.63) is 72.1 Å². The predicted molar refractivity (Wildman–Crippen MR) is 128 cm³/mol. The number of aryl methyl sites for hydroxylation is 1. The number of rotatable bonds is 10. The summed E-state index contributed by atoms with van der Waals surface area (Å²) < 4.78 is 32.9. The van der Waals surface area contributed by atoms with Gasteiger partial charge in [0.1, 0.15) is 5.75 Å². The van der Waals surface area contributed by atoms with E-state index in [0.29, 0.717) is 24.6 Å². The smallest absolute Gasteiger partial charge is 0.264 e. The van der Waals surface area contributed by atoms with Crippen molar-refractivity contribution in [1.29, 1.82) is 0 Å². The third-order valence-electron chi connectivity index (χ3n) is 4.92. The number of benzene rings is 2. The molecule has 0 aliphatic heterocycles. The summed E-state index contributed by atoms with van der Waals surface area (Å²) in [6.45, 7) is 6.81. The number of carbonyl (C=O) groups excluding carboxylic acids is 1. The van der Waals surface area contributed by atoms with Crippen LogP contribution < -0.4 is 14.8 Å². The molecule has 1 heterocycles. The Bertz CT molecular complexity index is 1180. The molecule has 1 aromatic heterocycles. The molecule has 2 aromatic carbocycles. The lowest BCUT2D eigenvalue weighted by atomic mass is 9.98. The molecule has 0 unspecified atom stereocenters. The van der Waals surface area contributed by atoms with E-state index < -0.39 is 10.0 Å². The quantitative estimate of drug-likeness (QED) is 0.424. The van der Waals surface area contributed by atoms with Gasteiger partial charge in [-0.15, -0.1) is 0 Å². The summed E-state index contributed by atoms with van der Waals surface area (Å²) in [5, 5.41) is 2.76. The molecule has 0 saturated heterocycles. The fraction of sp³-hybridized carbons (Fsp3) is 0.292. The van der Waals surface area contributed by atoms with E-state index in [2.05, 4.69) is 46.8 Å². The van der Waals surface area contributed by atoms with Gasteiger partial charge in [-0.2, -0.15) is 0 Å². The van der Waals surface area contributed by atoms with E-state index in [1.54, 1.807) is 6.07 Å². The molecule has 0 aliphatic carbocycles. The number of sulfonamides is 1. The minimum absolute atomic E-state index is 0.0110. The zero-order valence-corrected chi connectivity index (χ0v) is 19.7. The molecule has 0 spiro atoms. The summed E-state index contributed by atoms with van der Waals surface area (Å²) in [6.07, 6.45) is 3.73. The Morgan fingerprint density at radius 2 is 1.76 bits per heavy atom. The lowest BCUT2D eigenvalue weighted by molar-refractivity contribution is -0.116. The first kappa shape index (κ1) is 24.2. The van der Waals surface area contributed by atoms with Crippen molar-refractivity contribution < 1.29 is 17.9 Å². The van der Waals surface area contributed by atoms with Crippen LogP contribution in [0.5, 0.6) is 5.75 Å². The largest absolute Gasteiger partial charge is 0.494 e. The molecule has 0 aliphatic rings. The highest BCUT2D eigenvalue weighted by Gasteiger charge is 2.15. The summed E-state index contributed by atoms with van der Waals surface area (Å²) in [4.78, 5) is 19.9. The maximum Gasteiger partial charge on any atom is 0.264 e. The van der Waals surface area contributed by atoms with E-state index >= 15 is 0 Å². The lowest BCUT2D eigenvalue weighted by Crippen LogP contribution is -2.15. The molecular weight excluding hydrogens is 440 g/mol.